The van der Waals surface area contributed by atoms with Crippen molar-refractivity contribution in [2.75, 3.05) is 6.61 Å². The maximum Gasteiger partial charge on any atom is 0.196 e. The standard InChI is InChI=1S/C21H26O10/c1-8-4-10(23)15-12(28-8)6-11-9(16(15)24)5-14(29-11)21(2,3)31-20-19(27)18(26)17(25)13(7-22)30-20/h4,6,13-14,17-20,22,24-27H,5,7H2,1-3H3/t13-,14-,17+,18+,19+,20+/m0/s1. The molecule has 2 aliphatic rings. The zero-order valence-electron chi connectivity index (χ0n) is 17.3. The molecule has 1 saturated heterocycles. The number of phenols is 1. The van der Waals surface area contributed by atoms with E-state index in [9.17, 15) is 30.3 Å². The Morgan fingerprint density at radius 2 is 1.87 bits per heavy atom. The van der Waals surface area contributed by atoms with Gasteiger partial charge in [0.1, 0.15) is 64.3 Å². The number of rotatable bonds is 4. The van der Waals surface area contributed by atoms with Crippen LogP contribution in [0.3, 0.4) is 0 Å². The van der Waals surface area contributed by atoms with Gasteiger partial charge in [-0.2, -0.15) is 0 Å². The predicted octanol–water partition coefficient (Wildman–Crippen LogP) is -0.294. The van der Waals surface area contributed by atoms with Crippen LogP contribution in [-0.4, -0.2) is 74.6 Å². The van der Waals surface area contributed by atoms with Gasteiger partial charge in [-0.3, -0.25) is 4.79 Å². The fourth-order valence-electron chi connectivity index (χ4n) is 4.05. The molecule has 10 heteroatoms. The average Bonchev–Trinajstić information content (AvgIpc) is 3.13. The molecule has 4 rings (SSSR count). The van der Waals surface area contributed by atoms with Gasteiger partial charge >= 0.3 is 0 Å². The summed E-state index contributed by atoms with van der Waals surface area (Å²) in [5.74, 6) is 0.527. The summed E-state index contributed by atoms with van der Waals surface area (Å²) in [5.41, 5.74) is -0.827. The first-order valence-corrected chi connectivity index (χ1v) is 9.97. The van der Waals surface area contributed by atoms with E-state index in [0.717, 1.165) is 0 Å². The largest absolute Gasteiger partial charge is 0.507 e. The van der Waals surface area contributed by atoms with Gasteiger partial charge in [0, 0.05) is 24.1 Å². The number of fused-ring (bicyclic) bond motifs is 2. The van der Waals surface area contributed by atoms with Crippen molar-refractivity contribution < 1.29 is 44.2 Å². The van der Waals surface area contributed by atoms with Gasteiger partial charge in [0.15, 0.2) is 11.7 Å². The minimum atomic E-state index is -1.57. The molecule has 0 spiro atoms. The molecule has 0 unspecified atom stereocenters. The highest BCUT2D eigenvalue weighted by Crippen LogP contribution is 2.43. The fourth-order valence-corrected chi connectivity index (χ4v) is 4.05. The normalized spacial score (nSPS) is 30.9. The second-order valence-electron chi connectivity index (χ2n) is 8.53. The van der Waals surface area contributed by atoms with Crippen LogP contribution in [0.15, 0.2) is 21.3 Å². The van der Waals surface area contributed by atoms with Crippen LogP contribution in [0.1, 0.15) is 25.2 Å². The third-order valence-electron chi connectivity index (χ3n) is 5.88. The van der Waals surface area contributed by atoms with Crippen molar-refractivity contribution in [3.05, 3.63) is 33.7 Å². The molecule has 3 heterocycles. The molecule has 0 amide bonds. The molecule has 0 aliphatic carbocycles. The van der Waals surface area contributed by atoms with Crippen LogP contribution in [0.5, 0.6) is 11.5 Å². The van der Waals surface area contributed by atoms with E-state index in [1.165, 1.54) is 6.07 Å². The van der Waals surface area contributed by atoms with Crippen LogP contribution >= 0.6 is 0 Å². The lowest BCUT2D eigenvalue weighted by Gasteiger charge is -2.43. The van der Waals surface area contributed by atoms with E-state index in [2.05, 4.69) is 0 Å². The number of aliphatic hydroxyl groups excluding tert-OH is 4. The van der Waals surface area contributed by atoms with E-state index in [-0.39, 0.29) is 28.6 Å². The average molecular weight is 438 g/mol. The second-order valence-corrected chi connectivity index (χ2v) is 8.53. The number of aliphatic hydroxyl groups is 4. The van der Waals surface area contributed by atoms with Crippen LogP contribution in [0.2, 0.25) is 0 Å². The molecular weight excluding hydrogens is 412 g/mol. The third kappa shape index (κ3) is 3.69. The molecule has 5 N–H and O–H groups in total. The summed E-state index contributed by atoms with van der Waals surface area (Å²) < 4.78 is 22.8. The summed E-state index contributed by atoms with van der Waals surface area (Å²) in [7, 11) is 0. The van der Waals surface area contributed by atoms with Gasteiger partial charge < -0.3 is 44.2 Å². The monoisotopic (exact) mass is 438 g/mol. The summed E-state index contributed by atoms with van der Waals surface area (Å²) >= 11 is 0. The minimum Gasteiger partial charge on any atom is -0.507 e. The molecule has 0 bridgehead atoms. The van der Waals surface area contributed by atoms with Crippen LogP contribution in [0.25, 0.3) is 11.0 Å². The highest BCUT2D eigenvalue weighted by atomic mass is 16.7. The maximum atomic E-state index is 12.3. The minimum absolute atomic E-state index is 0.0706. The van der Waals surface area contributed by atoms with E-state index in [1.807, 2.05) is 0 Å². The Kier molecular flexibility index (Phi) is 5.49. The molecule has 10 nitrogen and oxygen atoms in total. The first-order valence-electron chi connectivity index (χ1n) is 9.97. The zero-order chi connectivity index (χ0) is 22.7. The third-order valence-corrected chi connectivity index (χ3v) is 5.88. The van der Waals surface area contributed by atoms with Crippen LogP contribution in [0.4, 0.5) is 0 Å². The van der Waals surface area contributed by atoms with E-state index in [4.69, 9.17) is 18.6 Å². The molecule has 31 heavy (non-hydrogen) atoms. The maximum absolute atomic E-state index is 12.3. The van der Waals surface area contributed by atoms with Crippen molar-refractivity contribution >= 4 is 11.0 Å². The number of aromatic hydroxyl groups is 1. The van der Waals surface area contributed by atoms with Crippen LogP contribution in [0, 0.1) is 6.92 Å². The summed E-state index contributed by atoms with van der Waals surface area (Å²) in [6.45, 7) is 4.41. The molecule has 2 aromatic rings. The van der Waals surface area contributed by atoms with Gasteiger partial charge in [0.2, 0.25) is 0 Å². The van der Waals surface area contributed by atoms with E-state index in [0.29, 0.717) is 17.1 Å². The quantitative estimate of drug-likeness (QED) is 0.429. The van der Waals surface area contributed by atoms with Crippen molar-refractivity contribution in [3.8, 4) is 11.5 Å². The number of hydrogen-bond donors (Lipinski definition) is 5. The van der Waals surface area contributed by atoms with E-state index in [1.54, 1.807) is 26.8 Å². The van der Waals surface area contributed by atoms with Crippen molar-refractivity contribution in [2.24, 2.45) is 0 Å². The van der Waals surface area contributed by atoms with E-state index >= 15 is 0 Å². The molecule has 1 aromatic heterocycles. The second kappa shape index (κ2) is 7.73. The number of phenolic OH excluding ortho intramolecular Hbond substituents is 1. The van der Waals surface area contributed by atoms with Crippen molar-refractivity contribution in [1.29, 1.82) is 0 Å². The zero-order valence-corrected chi connectivity index (χ0v) is 17.3. The van der Waals surface area contributed by atoms with Crippen molar-refractivity contribution in [3.63, 3.8) is 0 Å². The number of benzene rings is 1. The lowest BCUT2D eigenvalue weighted by molar-refractivity contribution is -0.329. The van der Waals surface area contributed by atoms with Crippen molar-refractivity contribution in [2.45, 2.75) is 69.6 Å². The molecule has 0 saturated carbocycles. The topological polar surface area (TPSA) is 159 Å². The Labute approximate surface area is 177 Å². The van der Waals surface area contributed by atoms with Gasteiger partial charge in [-0.05, 0) is 20.8 Å². The Bertz CT molecular complexity index is 1040. The molecule has 1 aromatic carbocycles. The first kappa shape index (κ1) is 22.0. The van der Waals surface area contributed by atoms with Crippen molar-refractivity contribution in [1.82, 2.24) is 0 Å². The SMILES string of the molecule is Cc1cc(=O)c2c(O)c3c(cc2o1)O[C@H](C(C)(C)O[C@H]1O[C@@H](CO)[C@@H](O)[C@@H](O)[C@H]1O)C3. The van der Waals surface area contributed by atoms with E-state index < -0.39 is 49.0 Å². The summed E-state index contributed by atoms with van der Waals surface area (Å²) in [4.78, 5) is 12.3. The Morgan fingerprint density at radius 3 is 2.55 bits per heavy atom. The highest BCUT2D eigenvalue weighted by molar-refractivity contribution is 5.87. The molecule has 2 aliphatic heterocycles. The molecule has 170 valence electrons. The van der Waals surface area contributed by atoms with Gasteiger partial charge in [0.05, 0.1) is 6.61 Å². The number of ether oxygens (including phenoxy) is 3. The molecule has 1 fully saturated rings. The molecule has 0 radical (unpaired) electrons. The lowest BCUT2D eigenvalue weighted by atomic mass is 9.94. The van der Waals surface area contributed by atoms with Gasteiger partial charge in [0.25, 0.3) is 0 Å². The Balaban J connectivity index is 1.59. The molecule has 6 atom stereocenters. The lowest BCUT2D eigenvalue weighted by Crippen LogP contribution is -2.61. The summed E-state index contributed by atoms with van der Waals surface area (Å²) in [6, 6.07) is 2.84. The first-order chi connectivity index (χ1) is 14.5. The van der Waals surface area contributed by atoms with Crippen LogP contribution in [-0.2, 0) is 15.9 Å². The van der Waals surface area contributed by atoms with Gasteiger partial charge in [-0.1, -0.05) is 0 Å². The van der Waals surface area contributed by atoms with Gasteiger partial charge in [-0.15, -0.1) is 0 Å². The Morgan fingerprint density at radius 1 is 1.16 bits per heavy atom. The Hall–Kier alpha value is -2.21. The summed E-state index contributed by atoms with van der Waals surface area (Å²) in [6.07, 6.45) is -7.49. The predicted molar refractivity (Wildman–Crippen MR) is 106 cm³/mol. The summed E-state index contributed by atoms with van der Waals surface area (Å²) in [5, 5.41) is 50.3. The molecular formula is C21H26O10. The number of hydrogen-bond acceptors (Lipinski definition) is 10. The fraction of sp³-hybridized carbons (Fsp3) is 0.571. The number of aryl methyl sites for hydroxylation is 1. The highest BCUT2D eigenvalue weighted by Gasteiger charge is 2.48. The van der Waals surface area contributed by atoms with Gasteiger partial charge in [-0.25, -0.2) is 0 Å². The van der Waals surface area contributed by atoms with Crippen LogP contribution < -0.4 is 10.2 Å². The smallest absolute Gasteiger partial charge is 0.196 e.